The van der Waals surface area contributed by atoms with Crippen molar-refractivity contribution in [1.29, 1.82) is 0 Å². The minimum absolute atomic E-state index is 0.123. The van der Waals surface area contributed by atoms with E-state index >= 15 is 0 Å². The molecule has 3 atom stereocenters. The summed E-state index contributed by atoms with van der Waals surface area (Å²) in [5, 5.41) is 3.31. The van der Waals surface area contributed by atoms with E-state index < -0.39 is 10.2 Å². The number of nitrogens with one attached hydrogen (secondary N) is 1. The monoisotopic (exact) mass is 317 g/mol. The molecular formula is C15H31N3O2S. The maximum atomic E-state index is 13.0. The van der Waals surface area contributed by atoms with E-state index in [0.717, 1.165) is 38.8 Å². The van der Waals surface area contributed by atoms with Crippen molar-refractivity contribution in [2.24, 2.45) is 11.8 Å². The summed E-state index contributed by atoms with van der Waals surface area (Å²) >= 11 is 0. The molecule has 0 radical (unpaired) electrons. The van der Waals surface area contributed by atoms with Gasteiger partial charge in [-0.05, 0) is 37.6 Å². The molecule has 0 aromatic carbocycles. The summed E-state index contributed by atoms with van der Waals surface area (Å²) in [5.41, 5.74) is 0. The van der Waals surface area contributed by atoms with Crippen LogP contribution >= 0.6 is 0 Å². The zero-order valence-corrected chi connectivity index (χ0v) is 14.5. The van der Waals surface area contributed by atoms with E-state index in [4.69, 9.17) is 0 Å². The molecule has 3 unspecified atom stereocenters. The van der Waals surface area contributed by atoms with Gasteiger partial charge < -0.3 is 5.32 Å². The Morgan fingerprint density at radius 2 is 1.86 bits per heavy atom. The van der Waals surface area contributed by atoms with E-state index in [0.29, 0.717) is 31.5 Å². The van der Waals surface area contributed by atoms with Crippen molar-refractivity contribution in [3.8, 4) is 0 Å². The van der Waals surface area contributed by atoms with Crippen molar-refractivity contribution in [3.63, 3.8) is 0 Å². The van der Waals surface area contributed by atoms with Crippen LogP contribution in [0.3, 0.4) is 0 Å². The molecule has 0 saturated carbocycles. The first kappa shape index (κ1) is 17.2. The zero-order chi connectivity index (χ0) is 15.5. The summed E-state index contributed by atoms with van der Waals surface area (Å²) in [5.74, 6) is 1.07. The highest BCUT2D eigenvalue weighted by Gasteiger charge is 2.38. The van der Waals surface area contributed by atoms with E-state index in [9.17, 15) is 8.42 Å². The van der Waals surface area contributed by atoms with Crippen molar-refractivity contribution in [2.45, 2.75) is 52.5 Å². The molecule has 1 N–H and O–H groups in total. The van der Waals surface area contributed by atoms with Crippen molar-refractivity contribution < 1.29 is 8.42 Å². The predicted octanol–water partition coefficient (Wildman–Crippen LogP) is 1.67. The van der Waals surface area contributed by atoms with Gasteiger partial charge in [0, 0.05) is 32.2 Å². The minimum atomic E-state index is -3.29. The topological polar surface area (TPSA) is 52.7 Å². The smallest absolute Gasteiger partial charge is 0.282 e. The van der Waals surface area contributed by atoms with Crippen molar-refractivity contribution in [1.82, 2.24) is 13.9 Å². The Hall–Kier alpha value is -0.170. The third kappa shape index (κ3) is 3.97. The highest BCUT2D eigenvalue weighted by Crippen LogP contribution is 2.28. The van der Waals surface area contributed by atoms with Crippen LogP contribution in [0.2, 0.25) is 0 Å². The summed E-state index contributed by atoms with van der Waals surface area (Å²) in [6.45, 7) is 10.2. The number of hydrogen-bond donors (Lipinski definition) is 1. The van der Waals surface area contributed by atoms with Crippen LogP contribution in [0.1, 0.15) is 46.5 Å². The van der Waals surface area contributed by atoms with Gasteiger partial charge >= 0.3 is 0 Å². The Kier molecular flexibility index (Phi) is 6.05. The van der Waals surface area contributed by atoms with Crippen LogP contribution in [-0.4, -0.2) is 55.8 Å². The first-order valence-electron chi connectivity index (χ1n) is 8.44. The second-order valence-electron chi connectivity index (χ2n) is 6.68. The molecule has 2 aliphatic heterocycles. The molecular weight excluding hydrogens is 286 g/mol. The standard InChI is InChI=1S/C15H31N3O2S/c1-4-16-11-15-7-5-6-9-18(15)21(19,20)17-10-8-13(2)14(3)12-17/h13-16H,4-12H2,1-3H3. The van der Waals surface area contributed by atoms with Crippen LogP contribution in [0, 0.1) is 11.8 Å². The van der Waals surface area contributed by atoms with Gasteiger partial charge in [-0.2, -0.15) is 17.0 Å². The summed E-state index contributed by atoms with van der Waals surface area (Å²) < 4.78 is 29.5. The second kappa shape index (κ2) is 7.40. The lowest BCUT2D eigenvalue weighted by molar-refractivity contribution is 0.180. The second-order valence-corrected chi connectivity index (χ2v) is 8.56. The van der Waals surface area contributed by atoms with Gasteiger partial charge in [-0.25, -0.2) is 0 Å². The summed E-state index contributed by atoms with van der Waals surface area (Å²) in [6, 6.07) is 0.123. The van der Waals surface area contributed by atoms with E-state index in [1.54, 1.807) is 8.61 Å². The van der Waals surface area contributed by atoms with Crippen LogP contribution in [0.15, 0.2) is 0 Å². The third-order valence-corrected chi connectivity index (χ3v) is 7.18. The van der Waals surface area contributed by atoms with Crippen LogP contribution in [0.25, 0.3) is 0 Å². The average Bonchev–Trinajstić information content (AvgIpc) is 2.48. The number of piperidine rings is 2. The highest BCUT2D eigenvalue weighted by molar-refractivity contribution is 7.86. The third-order valence-electron chi connectivity index (χ3n) is 5.12. The van der Waals surface area contributed by atoms with Crippen LogP contribution < -0.4 is 5.32 Å². The van der Waals surface area contributed by atoms with Crippen LogP contribution in [0.5, 0.6) is 0 Å². The molecule has 0 bridgehead atoms. The molecule has 0 aliphatic carbocycles. The summed E-state index contributed by atoms with van der Waals surface area (Å²) in [6.07, 6.45) is 4.08. The molecule has 5 nitrogen and oxygen atoms in total. The van der Waals surface area contributed by atoms with Crippen molar-refractivity contribution >= 4 is 10.2 Å². The van der Waals surface area contributed by atoms with E-state index in [1.165, 1.54) is 0 Å². The van der Waals surface area contributed by atoms with Gasteiger partial charge in [-0.1, -0.05) is 27.2 Å². The van der Waals surface area contributed by atoms with Crippen LogP contribution in [0.4, 0.5) is 0 Å². The number of hydrogen-bond acceptors (Lipinski definition) is 3. The molecule has 6 heteroatoms. The van der Waals surface area contributed by atoms with Gasteiger partial charge in [0.25, 0.3) is 10.2 Å². The molecule has 2 fully saturated rings. The van der Waals surface area contributed by atoms with Crippen molar-refractivity contribution in [3.05, 3.63) is 0 Å². The molecule has 2 heterocycles. The lowest BCUT2D eigenvalue weighted by Gasteiger charge is -2.41. The first-order chi connectivity index (χ1) is 9.96. The molecule has 0 spiro atoms. The number of rotatable bonds is 5. The fourth-order valence-corrected chi connectivity index (χ4v) is 5.35. The molecule has 124 valence electrons. The Labute approximate surface area is 130 Å². The maximum Gasteiger partial charge on any atom is 0.282 e. The fourth-order valence-electron chi connectivity index (χ4n) is 3.38. The lowest BCUT2D eigenvalue weighted by Crippen LogP contribution is -2.55. The predicted molar refractivity (Wildman–Crippen MR) is 86.3 cm³/mol. The van der Waals surface area contributed by atoms with Gasteiger partial charge in [0.1, 0.15) is 0 Å². The molecule has 2 aliphatic rings. The minimum Gasteiger partial charge on any atom is -0.315 e. The van der Waals surface area contributed by atoms with Gasteiger partial charge in [0.05, 0.1) is 0 Å². The molecule has 0 aromatic heterocycles. The largest absolute Gasteiger partial charge is 0.315 e. The zero-order valence-electron chi connectivity index (χ0n) is 13.7. The summed E-state index contributed by atoms with van der Waals surface area (Å²) in [4.78, 5) is 0. The Bertz CT molecular complexity index is 427. The van der Waals surface area contributed by atoms with Crippen LogP contribution in [-0.2, 0) is 10.2 Å². The molecule has 2 rings (SSSR count). The first-order valence-corrected chi connectivity index (χ1v) is 9.84. The van der Waals surface area contributed by atoms with Gasteiger partial charge in [0.15, 0.2) is 0 Å². The molecule has 2 saturated heterocycles. The van der Waals surface area contributed by atoms with Gasteiger partial charge in [-0.15, -0.1) is 0 Å². The molecule has 0 aromatic rings. The van der Waals surface area contributed by atoms with Crippen molar-refractivity contribution in [2.75, 3.05) is 32.7 Å². The molecule has 0 amide bonds. The maximum absolute atomic E-state index is 13.0. The number of nitrogens with zero attached hydrogens (tertiary/aromatic N) is 2. The SMILES string of the molecule is CCNCC1CCCCN1S(=O)(=O)N1CCC(C)C(C)C1. The number of likely N-dealkylation sites (N-methyl/N-ethyl adjacent to an activating group) is 1. The summed E-state index contributed by atoms with van der Waals surface area (Å²) in [7, 11) is -3.29. The Morgan fingerprint density at radius 3 is 2.52 bits per heavy atom. The van der Waals surface area contributed by atoms with E-state index in [2.05, 4.69) is 26.1 Å². The lowest BCUT2D eigenvalue weighted by atomic mass is 9.90. The quantitative estimate of drug-likeness (QED) is 0.839. The normalized spacial score (nSPS) is 33.2. The van der Waals surface area contributed by atoms with E-state index in [1.807, 2.05) is 0 Å². The molecule has 21 heavy (non-hydrogen) atoms. The fraction of sp³-hybridized carbons (Fsp3) is 1.00. The van der Waals surface area contributed by atoms with Gasteiger partial charge in [0.2, 0.25) is 0 Å². The Morgan fingerprint density at radius 1 is 1.10 bits per heavy atom. The average molecular weight is 317 g/mol. The van der Waals surface area contributed by atoms with Gasteiger partial charge in [-0.3, -0.25) is 0 Å². The Balaban J connectivity index is 2.08. The van der Waals surface area contributed by atoms with E-state index in [-0.39, 0.29) is 6.04 Å². The highest BCUT2D eigenvalue weighted by atomic mass is 32.2.